The summed E-state index contributed by atoms with van der Waals surface area (Å²) in [7, 11) is 1.32. The second-order valence-electron chi connectivity index (χ2n) is 8.19. The Morgan fingerprint density at radius 1 is 0.909 bits per heavy atom. The minimum absolute atomic E-state index is 0.0283. The monoisotopic (exact) mass is 484 g/mol. The summed E-state index contributed by atoms with van der Waals surface area (Å²) in [5, 5.41) is 10.9. The molecule has 7 nitrogen and oxygen atoms in total. The molecule has 0 N–H and O–H groups in total. The van der Waals surface area contributed by atoms with E-state index in [9.17, 15) is 23.3 Å². The Labute approximate surface area is 194 Å². The molecule has 0 spiro atoms. The number of nitro groups is 1. The maximum atomic E-state index is 14.6. The molecule has 11 heteroatoms. The van der Waals surface area contributed by atoms with Gasteiger partial charge in [-0.15, -0.1) is 0 Å². The number of hydrogen-bond acceptors (Lipinski definition) is 6. The van der Waals surface area contributed by atoms with Crippen molar-refractivity contribution in [2.75, 3.05) is 56.2 Å². The first-order chi connectivity index (χ1) is 15.8. The molecule has 2 saturated heterocycles. The summed E-state index contributed by atoms with van der Waals surface area (Å²) in [5.74, 6) is -1.80. The van der Waals surface area contributed by atoms with Crippen molar-refractivity contribution in [3.8, 4) is 5.75 Å². The van der Waals surface area contributed by atoms with E-state index in [1.807, 2.05) is 9.80 Å². The molecule has 0 atom stereocenters. The number of halogens is 4. The van der Waals surface area contributed by atoms with Crippen LogP contribution in [0, 0.1) is 27.6 Å². The van der Waals surface area contributed by atoms with Gasteiger partial charge in [0.15, 0.2) is 11.6 Å². The van der Waals surface area contributed by atoms with Crippen molar-refractivity contribution in [2.24, 2.45) is 0 Å². The van der Waals surface area contributed by atoms with Gasteiger partial charge in [0.25, 0.3) is 0 Å². The van der Waals surface area contributed by atoms with E-state index in [0.717, 1.165) is 31.0 Å². The van der Waals surface area contributed by atoms with Crippen molar-refractivity contribution in [2.45, 2.75) is 18.9 Å². The van der Waals surface area contributed by atoms with Crippen LogP contribution >= 0.6 is 11.6 Å². The van der Waals surface area contributed by atoms with Gasteiger partial charge in [0.2, 0.25) is 0 Å². The standard InChI is InChI=1S/C22H24ClF3N4O3/c1-33-22-13-20(18(26)12-21(22)30(31)32)28-4-2-14(3-5-28)27-6-8-29(9-7-27)19-11-16(24)15(23)10-17(19)25/h10-14H,2-9H2,1H3. The molecule has 0 bridgehead atoms. The average Bonchev–Trinajstić information content (AvgIpc) is 2.81. The fourth-order valence-corrected chi connectivity index (χ4v) is 4.79. The first-order valence-corrected chi connectivity index (χ1v) is 11.1. The lowest BCUT2D eigenvalue weighted by Gasteiger charge is -2.43. The lowest BCUT2D eigenvalue weighted by molar-refractivity contribution is -0.385. The van der Waals surface area contributed by atoms with Crippen LogP contribution in [0.25, 0.3) is 0 Å². The summed E-state index contributed by atoms with van der Waals surface area (Å²) in [5.41, 5.74) is 0.110. The number of nitro benzene ring substituents is 1. The third kappa shape index (κ3) is 4.81. The summed E-state index contributed by atoms with van der Waals surface area (Å²) in [6, 6.07) is 4.71. The first-order valence-electron chi connectivity index (χ1n) is 10.7. The highest BCUT2D eigenvalue weighted by molar-refractivity contribution is 6.30. The van der Waals surface area contributed by atoms with Crippen LogP contribution in [0.1, 0.15) is 12.8 Å². The van der Waals surface area contributed by atoms with Gasteiger partial charge in [-0.05, 0) is 18.9 Å². The number of rotatable bonds is 5. The molecule has 178 valence electrons. The van der Waals surface area contributed by atoms with E-state index in [4.69, 9.17) is 16.3 Å². The molecule has 0 aromatic heterocycles. The van der Waals surface area contributed by atoms with E-state index in [1.165, 1.54) is 13.2 Å². The highest BCUT2D eigenvalue weighted by atomic mass is 35.5. The lowest BCUT2D eigenvalue weighted by atomic mass is 10.0. The molecule has 33 heavy (non-hydrogen) atoms. The Hall–Kier alpha value is -2.72. The number of ether oxygens (including phenoxy) is 1. The molecule has 2 aliphatic heterocycles. The smallest absolute Gasteiger partial charge is 0.313 e. The molecule has 2 aliphatic rings. The van der Waals surface area contributed by atoms with Crippen molar-refractivity contribution in [3.63, 3.8) is 0 Å². The predicted octanol–water partition coefficient (Wildman–Crippen LogP) is 4.47. The van der Waals surface area contributed by atoms with Gasteiger partial charge in [-0.3, -0.25) is 15.0 Å². The number of hydrogen-bond donors (Lipinski definition) is 0. The highest BCUT2D eigenvalue weighted by Gasteiger charge is 2.30. The Morgan fingerprint density at radius 2 is 1.48 bits per heavy atom. The minimum atomic E-state index is -0.665. The third-order valence-electron chi connectivity index (χ3n) is 6.41. The highest BCUT2D eigenvalue weighted by Crippen LogP contribution is 2.35. The fraction of sp³-hybridized carbons (Fsp3) is 0.455. The summed E-state index contributed by atoms with van der Waals surface area (Å²) >= 11 is 5.65. The minimum Gasteiger partial charge on any atom is -0.490 e. The second kappa shape index (κ2) is 9.64. The number of anilines is 2. The summed E-state index contributed by atoms with van der Waals surface area (Å²) in [6.45, 7) is 3.72. The SMILES string of the molecule is COc1cc(N2CCC(N3CCN(c4cc(F)c(Cl)cc4F)CC3)CC2)c(F)cc1[N+](=O)[O-]. The fourth-order valence-electron chi connectivity index (χ4n) is 4.63. The maximum Gasteiger partial charge on any atom is 0.313 e. The number of piperidine rings is 1. The van der Waals surface area contributed by atoms with Gasteiger partial charge in [0, 0.05) is 57.4 Å². The number of nitrogens with zero attached hydrogens (tertiary/aromatic N) is 4. The van der Waals surface area contributed by atoms with Crippen LogP contribution in [0.5, 0.6) is 5.75 Å². The number of benzene rings is 2. The number of methoxy groups -OCH3 is 1. The molecular formula is C22H24ClF3N4O3. The van der Waals surface area contributed by atoms with E-state index < -0.39 is 28.1 Å². The Bertz CT molecular complexity index is 1040. The van der Waals surface area contributed by atoms with Crippen LogP contribution < -0.4 is 14.5 Å². The molecule has 2 aromatic rings. The molecule has 4 rings (SSSR count). The Balaban J connectivity index is 1.36. The Morgan fingerprint density at radius 3 is 2.09 bits per heavy atom. The Kier molecular flexibility index (Phi) is 6.85. The zero-order chi connectivity index (χ0) is 23.7. The van der Waals surface area contributed by atoms with Gasteiger partial charge in [-0.1, -0.05) is 11.6 Å². The topological polar surface area (TPSA) is 62.1 Å². The average molecular weight is 485 g/mol. The molecule has 2 heterocycles. The maximum absolute atomic E-state index is 14.6. The van der Waals surface area contributed by atoms with E-state index in [-0.39, 0.29) is 16.5 Å². The van der Waals surface area contributed by atoms with Gasteiger partial charge < -0.3 is 14.5 Å². The van der Waals surface area contributed by atoms with Crippen molar-refractivity contribution in [1.82, 2.24) is 4.90 Å². The zero-order valence-electron chi connectivity index (χ0n) is 18.1. The van der Waals surface area contributed by atoms with Crippen molar-refractivity contribution in [1.29, 1.82) is 0 Å². The van der Waals surface area contributed by atoms with Crippen LogP contribution in [0.4, 0.5) is 30.2 Å². The van der Waals surface area contributed by atoms with Gasteiger partial charge in [-0.25, -0.2) is 13.2 Å². The zero-order valence-corrected chi connectivity index (χ0v) is 18.8. The quantitative estimate of drug-likeness (QED) is 0.354. The third-order valence-corrected chi connectivity index (χ3v) is 6.70. The molecule has 0 saturated carbocycles. The molecular weight excluding hydrogens is 461 g/mol. The largest absolute Gasteiger partial charge is 0.490 e. The molecule has 0 amide bonds. The summed E-state index contributed by atoms with van der Waals surface area (Å²) in [6.07, 6.45) is 1.59. The first kappa shape index (κ1) is 23.4. The molecule has 2 aromatic carbocycles. The van der Waals surface area contributed by atoms with Gasteiger partial charge >= 0.3 is 5.69 Å². The van der Waals surface area contributed by atoms with Crippen LogP contribution in [0.3, 0.4) is 0 Å². The number of piperazine rings is 1. The summed E-state index contributed by atoms with van der Waals surface area (Å²) in [4.78, 5) is 16.4. The molecule has 0 radical (unpaired) electrons. The summed E-state index contributed by atoms with van der Waals surface area (Å²) < 4.78 is 47.7. The molecule has 0 aliphatic carbocycles. The van der Waals surface area contributed by atoms with E-state index >= 15 is 0 Å². The lowest BCUT2D eigenvalue weighted by Crippen LogP contribution is -2.53. The predicted molar refractivity (Wildman–Crippen MR) is 120 cm³/mol. The van der Waals surface area contributed by atoms with E-state index in [1.54, 1.807) is 0 Å². The van der Waals surface area contributed by atoms with Crippen molar-refractivity contribution >= 4 is 28.7 Å². The normalized spacial score (nSPS) is 18.0. The van der Waals surface area contributed by atoms with Crippen LogP contribution in [0.15, 0.2) is 24.3 Å². The van der Waals surface area contributed by atoms with Crippen LogP contribution in [0.2, 0.25) is 5.02 Å². The van der Waals surface area contributed by atoms with E-state index in [2.05, 4.69) is 4.90 Å². The van der Waals surface area contributed by atoms with Gasteiger partial charge in [0.05, 0.1) is 34.5 Å². The van der Waals surface area contributed by atoms with Gasteiger partial charge in [0.1, 0.15) is 11.6 Å². The molecule has 0 unspecified atom stereocenters. The van der Waals surface area contributed by atoms with Crippen molar-refractivity contribution < 1.29 is 22.8 Å². The van der Waals surface area contributed by atoms with Crippen LogP contribution in [-0.4, -0.2) is 62.2 Å². The second-order valence-corrected chi connectivity index (χ2v) is 8.60. The van der Waals surface area contributed by atoms with Gasteiger partial charge in [-0.2, -0.15) is 0 Å². The molecule has 2 fully saturated rings. The van der Waals surface area contributed by atoms with Crippen LogP contribution in [-0.2, 0) is 0 Å². The van der Waals surface area contributed by atoms with E-state index in [0.29, 0.717) is 51.0 Å². The van der Waals surface area contributed by atoms with Crippen molar-refractivity contribution in [3.05, 3.63) is 56.9 Å².